The number of ether oxygens (including phenoxy) is 2. The van der Waals surface area contributed by atoms with Crippen LogP contribution in [0.1, 0.15) is 74.5 Å². The van der Waals surface area contributed by atoms with Crippen LogP contribution in [0.5, 0.6) is 0 Å². The van der Waals surface area contributed by atoms with Crippen molar-refractivity contribution in [3.8, 4) is 0 Å². The highest BCUT2D eigenvalue weighted by molar-refractivity contribution is 6.84. The summed E-state index contributed by atoms with van der Waals surface area (Å²) in [4.78, 5) is 36.9. The minimum Gasteiger partial charge on any atom is -0.481 e. The third-order valence-corrected chi connectivity index (χ3v) is 18.3. The number of nitrogen functional groups attached to an aromatic ring is 1. The number of aromatic nitrogens is 4. The first-order valence-corrected chi connectivity index (χ1v) is 18.2. The molecule has 2 aromatic heterocycles. The van der Waals surface area contributed by atoms with E-state index in [1.165, 1.54) is 12.7 Å². The number of fused-ring (bicyclic) bond motifs is 2. The van der Waals surface area contributed by atoms with Crippen molar-refractivity contribution in [3.05, 3.63) is 12.7 Å². The number of hydrogen-bond donors (Lipinski definition) is 2. The fraction of sp³-hybridized carbons (Fsp3) is 0.731. The molecule has 0 amide bonds. The molecule has 0 aliphatic carbocycles. The van der Waals surface area contributed by atoms with Crippen LogP contribution in [0.25, 0.3) is 11.2 Å². The van der Waals surface area contributed by atoms with Gasteiger partial charge in [0.25, 0.3) is 0 Å². The van der Waals surface area contributed by atoms with Gasteiger partial charge in [0, 0.05) is 0 Å². The topological polar surface area (TPSA) is 170 Å². The van der Waals surface area contributed by atoms with E-state index in [0.717, 1.165) is 0 Å². The third-order valence-electron chi connectivity index (χ3n) is 8.09. The summed E-state index contributed by atoms with van der Waals surface area (Å²) in [6, 6.07) is 0. The van der Waals surface area contributed by atoms with Crippen molar-refractivity contribution in [2.45, 2.75) is 115 Å². The van der Waals surface area contributed by atoms with Gasteiger partial charge in [-0.25, -0.2) is 15.0 Å². The van der Waals surface area contributed by atoms with Crippen LogP contribution in [0.2, 0.25) is 22.2 Å². The van der Waals surface area contributed by atoms with E-state index in [1.54, 1.807) is 4.57 Å². The monoisotopic (exact) mass is 609 g/mol. The van der Waals surface area contributed by atoms with E-state index in [0.29, 0.717) is 11.2 Å². The van der Waals surface area contributed by atoms with Crippen LogP contribution >= 0.6 is 0 Å². The molecule has 15 heteroatoms. The number of nitrogens with zero attached hydrogens (tertiary/aromatic N) is 4. The number of nitrogens with two attached hydrogens (primary N) is 1. The van der Waals surface area contributed by atoms with Crippen molar-refractivity contribution in [2.75, 3.05) is 12.3 Å². The maximum atomic E-state index is 13.0. The Kier molecular flexibility index (Phi) is 9.26. The van der Waals surface area contributed by atoms with Crippen molar-refractivity contribution in [2.24, 2.45) is 0 Å². The zero-order chi connectivity index (χ0) is 30.3. The number of carbonyl (C=O) groups is 2. The van der Waals surface area contributed by atoms with Gasteiger partial charge in [-0.05, 0) is 22.2 Å². The van der Waals surface area contributed by atoms with Crippen LogP contribution in [0, 0.1) is 0 Å². The number of rotatable bonds is 9. The Morgan fingerprint density at radius 3 is 2.24 bits per heavy atom. The maximum absolute atomic E-state index is 13.0. The Hall–Kier alpha value is -2.44. The summed E-state index contributed by atoms with van der Waals surface area (Å²) in [7, 11) is -5.90. The summed E-state index contributed by atoms with van der Waals surface area (Å²) in [6.45, 7) is 17.1. The van der Waals surface area contributed by atoms with Crippen LogP contribution in [-0.4, -0.2) is 78.6 Å². The van der Waals surface area contributed by atoms with Crippen molar-refractivity contribution < 1.29 is 37.1 Å². The van der Waals surface area contributed by atoms with Crippen molar-refractivity contribution in [1.29, 1.82) is 0 Å². The highest BCUT2D eigenvalue weighted by Gasteiger charge is 2.62. The first-order chi connectivity index (χ1) is 19.2. The summed E-state index contributed by atoms with van der Waals surface area (Å²) in [5, 5.41) is 9.14. The molecule has 2 fully saturated rings. The van der Waals surface area contributed by atoms with Gasteiger partial charge in [0.2, 0.25) is 0 Å². The fourth-order valence-corrected chi connectivity index (χ4v) is 17.2. The van der Waals surface area contributed by atoms with E-state index in [1.807, 2.05) is 0 Å². The summed E-state index contributed by atoms with van der Waals surface area (Å²) in [6.07, 6.45) is -1.000. The van der Waals surface area contributed by atoms with Crippen molar-refractivity contribution >= 4 is 46.0 Å². The molecule has 0 radical (unpaired) electrons. The number of esters is 1. The lowest BCUT2D eigenvalue weighted by molar-refractivity contribution is -0.160. The van der Waals surface area contributed by atoms with Gasteiger partial charge < -0.3 is 33.3 Å². The van der Waals surface area contributed by atoms with Crippen molar-refractivity contribution in [3.63, 3.8) is 0 Å². The van der Waals surface area contributed by atoms with Gasteiger partial charge in [0.05, 0.1) is 25.8 Å². The average Bonchev–Trinajstić information content (AvgIpc) is 3.44. The summed E-state index contributed by atoms with van der Waals surface area (Å²) in [5.41, 5.74) is 7.20. The molecule has 2 aliphatic heterocycles. The molecule has 0 spiro atoms. The van der Waals surface area contributed by atoms with Gasteiger partial charge in [-0.2, -0.15) is 0 Å². The predicted octanol–water partition coefficient (Wildman–Crippen LogP) is 4.04. The Balaban J connectivity index is 1.83. The van der Waals surface area contributed by atoms with Crippen molar-refractivity contribution in [1.82, 2.24) is 19.5 Å². The molecule has 4 rings (SSSR count). The molecule has 2 aromatic rings. The molecule has 1 unspecified atom stereocenters. The van der Waals surface area contributed by atoms with Crippen LogP contribution in [0.15, 0.2) is 12.7 Å². The number of carbonyl (C=O) groups excluding carboxylic acids is 1. The number of anilines is 1. The summed E-state index contributed by atoms with van der Waals surface area (Å²) >= 11 is 0. The van der Waals surface area contributed by atoms with E-state index in [4.69, 9.17) is 33.3 Å². The largest absolute Gasteiger partial charge is 0.481 e. The Labute approximate surface area is 242 Å². The zero-order valence-corrected chi connectivity index (χ0v) is 27.1. The van der Waals surface area contributed by atoms with E-state index in [2.05, 4.69) is 70.3 Å². The van der Waals surface area contributed by atoms with Crippen LogP contribution in [0.4, 0.5) is 5.82 Å². The lowest BCUT2D eigenvalue weighted by Gasteiger charge is -2.51. The smallest absolute Gasteiger partial charge is 0.335 e. The molecule has 2 aliphatic rings. The van der Waals surface area contributed by atoms with Gasteiger partial charge in [-0.15, -0.1) is 0 Å². The van der Waals surface area contributed by atoms with Gasteiger partial charge in [-0.3, -0.25) is 14.2 Å². The number of carboxylic acid groups (broad SMARTS) is 1. The molecule has 0 bridgehead atoms. The molecule has 4 heterocycles. The Morgan fingerprint density at radius 1 is 1.02 bits per heavy atom. The maximum Gasteiger partial charge on any atom is 0.335 e. The zero-order valence-electron chi connectivity index (χ0n) is 25.1. The first kappa shape index (κ1) is 31.5. The minimum atomic E-state index is -3.07. The minimum absolute atomic E-state index is 0.0400. The average molecular weight is 610 g/mol. The second-order valence-electron chi connectivity index (χ2n) is 12.1. The normalized spacial score (nSPS) is 26.0. The second kappa shape index (κ2) is 12.0. The number of imidazole rings is 1. The van der Waals surface area contributed by atoms with E-state index in [9.17, 15) is 9.59 Å². The molecule has 0 aromatic carbocycles. The fourth-order valence-electron chi connectivity index (χ4n) is 5.95. The molecule has 0 saturated carbocycles. The Bertz CT molecular complexity index is 1240. The Morgan fingerprint density at radius 2 is 1.66 bits per heavy atom. The molecular weight excluding hydrogens is 566 g/mol. The molecule has 13 nitrogen and oxygen atoms in total. The van der Waals surface area contributed by atoms with Gasteiger partial charge in [0.1, 0.15) is 24.1 Å². The predicted molar refractivity (Wildman–Crippen MR) is 154 cm³/mol. The lowest BCUT2D eigenvalue weighted by Crippen LogP contribution is -2.66. The first-order valence-electron chi connectivity index (χ1n) is 14.2. The molecule has 4 atom stereocenters. The van der Waals surface area contributed by atoms with Crippen LogP contribution < -0.4 is 5.73 Å². The van der Waals surface area contributed by atoms with Gasteiger partial charge in [0.15, 0.2) is 23.8 Å². The quantitative estimate of drug-likeness (QED) is 0.309. The third kappa shape index (κ3) is 5.79. The summed E-state index contributed by atoms with van der Waals surface area (Å²) in [5.74, 6) is -1.56. The van der Waals surface area contributed by atoms with Gasteiger partial charge >= 0.3 is 29.1 Å². The standard InChI is InChI=1S/C26H43N5O8Si2/c1-14(2)40(15(3)4)35-11-18-22(38-41(39-40,16(5)6)17(7)8)23(37-20(34)10-9-19(32)33)26(36-18)31-13-30-21-24(27)28-12-29-25(21)31/h12-18,22-23,26H,9-11H2,1-8H3,(H,32,33)(H2,27,28,29)/t18-,22?,23+,26-/m1/s1. The molecular formula is C26H43N5O8Si2. The molecule has 41 heavy (non-hydrogen) atoms. The highest BCUT2D eigenvalue weighted by Crippen LogP contribution is 2.49. The number of carboxylic acids is 1. The molecule has 228 valence electrons. The van der Waals surface area contributed by atoms with E-state index in [-0.39, 0.29) is 47.4 Å². The number of hydrogen-bond acceptors (Lipinski definition) is 11. The number of aliphatic carboxylic acids is 1. The van der Waals surface area contributed by atoms with Crippen LogP contribution in [-0.2, 0) is 32.0 Å². The highest BCUT2D eigenvalue weighted by atomic mass is 28.5. The lowest BCUT2D eigenvalue weighted by atomic mass is 10.1. The van der Waals surface area contributed by atoms with E-state index >= 15 is 0 Å². The summed E-state index contributed by atoms with van der Waals surface area (Å²) < 4.78 is 35.5. The second-order valence-corrected chi connectivity index (χ2v) is 20.9. The van der Waals surface area contributed by atoms with Crippen LogP contribution in [0.3, 0.4) is 0 Å². The van der Waals surface area contributed by atoms with E-state index < -0.39 is 53.6 Å². The SMILES string of the molecule is CC(C)[Si]1(C(C)C)OC[C@H]2O[C@@H](n3cnc4c(N)ncnc43)[C@@H](OC(=O)CCC(=O)O)C2O[Si](C(C)C)(C(C)C)O1. The molecule has 2 saturated heterocycles. The van der Waals surface area contributed by atoms with Gasteiger partial charge in [-0.1, -0.05) is 55.4 Å². The molecule has 3 N–H and O–H groups in total.